The summed E-state index contributed by atoms with van der Waals surface area (Å²) in [5, 5.41) is 8.72. The van der Waals surface area contributed by atoms with Crippen molar-refractivity contribution in [3.8, 4) is 6.07 Å². The van der Waals surface area contributed by atoms with E-state index in [1.54, 1.807) is 0 Å². The lowest BCUT2D eigenvalue weighted by atomic mass is 9.98. The fourth-order valence-electron chi connectivity index (χ4n) is 1.66. The van der Waals surface area contributed by atoms with Crippen LogP contribution in [0.4, 0.5) is 0 Å². The molecule has 1 aliphatic carbocycles. The second-order valence-corrected chi connectivity index (χ2v) is 3.52. The predicted octanol–water partition coefficient (Wildman–Crippen LogP) is 2.44. The van der Waals surface area contributed by atoms with Crippen molar-refractivity contribution in [2.75, 3.05) is 0 Å². The van der Waals surface area contributed by atoms with Gasteiger partial charge in [-0.1, -0.05) is 19.3 Å². The summed E-state index contributed by atoms with van der Waals surface area (Å²) in [5.74, 6) is 0.277. The van der Waals surface area contributed by atoms with Crippen molar-refractivity contribution in [1.29, 1.82) is 5.26 Å². The third-order valence-corrected chi connectivity index (χ3v) is 2.41. The van der Waals surface area contributed by atoms with E-state index < -0.39 is 0 Å². The number of rotatable bonds is 0. The normalized spacial score (nSPS) is 26.6. The molecule has 0 saturated heterocycles. The first-order valence-electron chi connectivity index (χ1n) is 4.74. The van der Waals surface area contributed by atoms with Crippen LogP contribution in [0.1, 0.15) is 44.9 Å². The van der Waals surface area contributed by atoms with Crippen LogP contribution in [0.15, 0.2) is 0 Å². The quantitative estimate of drug-likeness (QED) is 0.553. The first-order chi connectivity index (χ1) is 5.83. The van der Waals surface area contributed by atoms with Gasteiger partial charge in [-0.25, -0.2) is 0 Å². The Morgan fingerprint density at radius 2 is 2.00 bits per heavy atom. The first kappa shape index (κ1) is 9.25. The molecule has 12 heavy (non-hydrogen) atoms. The Bertz CT molecular complexity index is 193. The number of nitrogens with zero attached hydrogens (tertiary/aromatic N) is 1. The van der Waals surface area contributed by atoms with Gasteiger partial charge in [0.2, 0.25) is 0 Å². The highest BCUT2D eigenvalue weighted by molar-refractivity contribution is 5.78. The Balaban J connectivity index is 2.44. The molecule has 1 saturated carbocycles. The lowest BCUT2D eigenvalue weighted by Gasteiger charge is -2.03. The van der Waals surface area contributed by atoms with Crippen molar-refractivity contribution in [3.63, 3.8) is 0 Å². The molecule has 2 nitrogen and oxygen atoms in total. The number of ketones is 1. The number of Topliss-reactive ketones (excluding diaryl/α,β-unsaturated/α-hetero) is 1. The van der Waals surface area contributed by atoms with Crippen LogP contribution in [-0.4, -0.2) is 5.78 Å². The molecule has 0 aromatic heterocycles. The molecule has 0 spiro atoms. The van der Waals surface area contributed by atoms with E-state index >= 15 is 0 Å². The lowest BCUT2D eigenvalue weighted by Crippen LogP contribution is -2.05. The lowest BCUT2D eigenvalue weighted by molar-refractivity contribution is -0.119. The van der Waals surface area contributed by atoms with E-state index in [2.05, 4.69) is 6.07 Å². The average molecular weight is 165 g/mol. The van der Waals surface area contributed by atoms with Crippen molar-refractivity contribution in [3.05, 3.63) is 0 Å². The molecule has 1 atom stereocenters. The summed E-state index contributed by atoms with van der Waals surface area (Å²) in [5.41, 5.74) is 0. The molecule has 0 heterocycles. The topological polar surface area (TPSA) is 40.9 Å². The van der Waals surface area contributed by atoms with Crippen molar-refractivity contribution >= 4 is 5.78 Å². The van der Waals surface area contributed by atoms with Gasteiger partial charge in [-0.05, 0) is 12.8 Å². The molecule has 0 bridgehead atoms. The molecule has 2 heteroatoms. The van der Waals surface area contributed by atoms with Crippen molar-refractivity contribution in [1.82, 2.24) is 0 Å². The number of carbonyl (C=O) groups is 1. The van der Waals surface area contributed by atoms with Gasteiger partial charge in [-0.15, -0.1) is 0 Å². The summed E-state index contributed by atoms with van der Waals surface area (Å²) >= 11 is 0. The van der Waals surface area contributed by atoms with E-state index in [1.807, 2.05) is 0 Å². The van der Waals surface area contributed by atoms with E-state index in [1.165, 1.54) is 6.42 Å². The maximum absolute atomic E-state index is 11.2. The fourth-order valence-corrected chi connectivity index (χ4v) is 1.66. The minimum atomic E-state index is -0.00407. The van der Waals surface area contributed by atoms with Crippen LogP contribution in [-0.2, 0) is 4.79 Å². The van der Waals surface area contributed by atoms with Gasteiger partial charge in [-0.2, -0.15) is 5.26 Å². The molecule has 0 radical (unpaired) electrons. The molecule has 0 amide bonds. The fraction of sp³-hybridized carbons (Fsp3) is 0.800. The standard InChI is InChI=1S/C10H15NO/c11-8-9-5-3-1-2-4-6-10(12)7-9/h9H,1-7H2. The molecule has 0 aliphatic heterocycles. The summed E-state index contributed by atoms with van der Waals surface area (Å²) < 4.78 is 0. The van der Waals surface area contributed by atoms with Crippen LogP contribution in [0.2, 0.25) is 0 Å². The zero-order chi connectivity index (χ0) is 8.81. The smallest absolute Gasteiger partial charge is 0.134 e. The summed E-state index contributed by atoms with van der Waals surface area (Å²) in [6.07, 6.45) is 6.59. The van der Waals surface area contributed by atoms with Crippen LogP contribution < -0.4 is 0 Å². The Kier molecular flexibility index (Phi) is 3.79. The zero-order valence-electron chi connectivity index (χ0n) is 7.38. The summed E-state index contributed by atoms with van der Waals surface area (Å²) in [4.78, 5) is 11.2. The van der Waals surface area contributed by atoms with Crippen LogP contribution in [0.5, 0.6) is 0 Å². The highest BCUT2D eigenvalue weighted by Gasteiger charge is 2.14. The minimum absolute atomic E-state index is 0.00407. The third-order valence-electron chi connectivity index (χ3n) is 2.41. The van der Waals surface area contributed by atoms with Gasteiger partial charge in [0, 0.05) is 12.8 Å². The van der Waals surface area contributed by atoms with E-state index in [0.717, 1.165) is 25.7 Å². The van der Waals surface area contributed by atoms with Gasteiger partial charge in [0.1, 0.15) is 5.78 Å². The second-order valence-electron chi connectivity index (χ2n) is 3.52. The van der Waals surface area contributed by atoms with Gasteiger partial charge in [0.25, 0.3) is 0 Å². The van der Waals surface area contributed by atoms with E-state index in [0.29, 0.717) is 12.8 Å². The molecule has 66 valence electrons. The number of hydrogen-bond acceptors (Lipinski definition) is 2. The van der Waals surface area contributed by atoms with E-state index in [9.17, 15) is 4.79 Å². The Labute approximate surface area is 73.6 Å². The van der Waals surface area contributed by atoms with Crippen molar-refractivity contribution in [2.24, 2.45) is 5.92 Å². The maximum Gasteiger partial charge on any atom is 0.134 e. The Morgan fingerprint density at radius 3 is 2.75 bits per heavy atom. The summed E-state index contributed by atoms with van der Waals surface area (Å²) in [6, 6.07) is 2.21. The van der Waals surface area contributed by atoms with Gasteiger partial charge >= 0.3 is 0 Å². The van der Waals surface area contributed by atoms with E-state index in [4.69, 9.17) is 5.26 Å². The number of hydrogen-bond donors (Lipinski definition) is 0. The van der Waals surface area contributed by atoms with Crippen molar-refractivity contribution < 1.29 is 4.79 Å². The monoisotopic (exact) mass is 165 g/mol. The zero-order valence-corrected chi connectivity index (χ0v) is 7.38. The van der Waals surface area contributed by atoms with Crippen LogP contribution in [0.25, 0.3) is 0 Å². The molecule has 1 aliphatic rings. The predicted molar refractivity (Wildman–Crippen MR) is 46.4 cm³/mol. The first-order valence-corrected chi connectivity index (χ1v) is 4.74. The molecule has 1 unspecified atom stereocenters. The molecule has 1 fully saturated rings. The van der Waals surface area contributed by atoms with Gasteiger partial charge in [-0.3, -0.25) is 4.79 Å². The molecule has 1 rings (SSSR count). The maximum atomic E-state index is 11.2. The number of nitriles is 1. The highest BCUT2D eigenvalue weighted by atomic mass is 16.1. The third kappa shape index (κ3) is 3.04. The molecule has 0 aromatic carbocycles. The Hall–Kier alpha value is -0.840. The van der Waals surface area contributed by atoms with Gasteiger partial charge < -0.3 is 0 Å². The second kappa shape index (κ2) is 4.92. The molecular weight excluding hydrogens is 150 g/mol. The van der Waals surface area contributed by atoms with Crippen LogP contribution in [0, 0.1) is 17.2 Å². The summed E-state index contributed by atoms with van der Waals surface area (Å²) in [6.45, 7) is 0. The number of carbonyl (C=O) groups excluding carboxylic acids is 1. The van der Waals surface area contributed by atoms with Crippen LogP contribution in [0.3, 0.4) is 0 Å². The molecular formula is C10H15NO. The van der Waals surface area contributed by atoms with Crippen LogP contribution >= 0.6 is 0 Å². The largest absolute Gasteiger partial charge is 0.300 e. The molecule has 0 N–H and O–H groups in total. The summed E-state index contributed by atoms with van der Waals surface area (Å²) in [7, 11) is 0. The van der Waals surface area contributed by atoms with Crippen molar-refractivity contribution in [2.45, 2.75) is 44.9 Å². The minimum Gasteiger partial charge on any atom is -0.300 e. The molecule has 0 aromatic rings. The SMILES string of the molecule is N#CC1CCCCCCC(=O)C1. The van der Waals surface area contributed by atoms with E-state index in [-0.39, 0.29) is 11.7 Å². The Morgan fingerprint density at radius 1 is 1.25 bits per heavy atom. The van der Waals surface area contributed by atoms with Gasteiger partial charge in [0.15, 0.2) is 0 Å². The average Bonchev–Trinajstić information content (AvgIpc) is 2.16. The highest BCUT2D eigenvalue weighted by Crippen LogP contribution is 2.18. The van der Waals surface area contributed by atoms with Gasteiger partial charge in [0.05, 0.1) is 12.0 Å².